The molecule has 1 N–H and O–H groups in total. The van der Waals surface area contributed by atoms with Crippen LogP contribution in [0.25, 0.3) is 0 Å². The van der Waals surface area contributed by atoms with Crippen LogP contribution in [0.1, 0.15) is 37.3 Å². The van der Waals surface area contributed by atoms with E-state index in [-0.39, 0.29) is 10.8 Å². The lowest BCUT2D eigenvalue weighted by molar-refractivity contribution is -0.122. The van der Waals surface area contributed by atoms with Crippen molar-refractivity contribution in [3.05, 3.63) is 53.6 Å². The number of hydrogen-bond donors (Lipinski definition) is 1. The van der Waals surface area contributed by atoms with E-state index < -0.39 is 16.1 Å². The molecule has 0 bridgehead atoms. The minimum absolute atomic E-state index is 0.247. The van der Waals surface area contributed by atoms with Crippen LogP contribution in [0.5, 0.6) is 5.75 Å². The molecule has 1 unspecified atom stereocenters. The number of amides is 1. The number of piperidine rings is 1. The molecular formula is C22H28N2O4S. The van der Waals surface area contributed by atoms with Crippen molar-refractivity contribution in [3.8, 4) is 5.75 Å². The number of aryl methyl sites for hydroxylation is 1. The van der Waals surface area contributed by atoms with Gasteiger partial charge < -0.3 is 10.1 Å². The fraction of sp³-hybridized carbons (Fsp3) is 0.409. The highest BCUT2D eigenvalue weighted by Crippen LogP contribution is 2.24. The maximum Gasteiger partial charge on any atom is 0.265 e. The Bertz CT molecular complexity index is 965. The lowest BCUT2D eigenvalue weighted by atomic mass is 10.1. The monoisotopic (exact) mass is 416 g/mol. The Morgan fingerprint density at radius 1 is 1.03 bits per heavy atom. The van der Waals surface area contributed by atoms with Gasteiger partial charge in [-0.2, -0.15) is 4.31 Å². The fourth-order valence-corrected chi connectivity index (χ4v) is 4.82. The standard InChI is InChI=1S/C22H28N2O4S/c1-16-8-7-9-21(17(16)2)28-18(3)22(25)23-19-10-12-20(13-11-19)29(26,27)24-14-5-4-6-15-24/h7-13,18H,4-6,14-15H2,1-3H3,(H,23,25). The van der Waals surface area contributed by atoms with Crippen LogP contribution < -0.4 is 10.1 Å². The minimum atomic E-state index is -3.48. The largest absolute Gasteiger partial charge is 0.481 e. The molecule has 2 aromatic carbocycles. The Morgan fingerprint density at radius 3 is 2.34 bits per heavy atom. The molecule has 29 heavy (non-hydrogen) atoms. The van der Waals surface area contributed by atoms with E-state index in [0.29, 0.717) is 24.5 Å². The number of hydrogen-bond acceptors (Lipinski definition) is 4. The molecule has 6 nitrogen and oxygen atoms in total. The molecule has 7 heteroatoms. The number of benzene rings is 2. The average Bonchev–Trinajstić information content (AvgIpc) is 2.72. The van der Waals surface area contributed by atoms with Crippen molar-refractivity contribution in [3.63, 3.8) is 0 Å². The van der Waals surface area contributed by atoms with Crippen LogP contribution in [0.15, 0.2) is 47.4 Å². The number of rotatable bonds is 6. The van der Waals surface area contributed by atoms with Crippen molar-refractivity contribution in [2.24, 2.45) is 0 Å². The second-order valence-corrected chi connectivity index (χ2v) is 9.37. The number of carbonyl (C=O) groups excluding carboxylic acids is 1. The number of sulfonamides is 1. The smallest absolute Gasteiger partial charge is 0.265 e. The summed E-state index contributed by atoms with van der Waals surface area (Å²) in [7, 11) is -3.48. The minimum Gasteiger partial charge on any atom is -0.481 e. The summed E-state index contributed by atoms with van der Waals surface area (Å²) in [5.74, 6) is 0.383. The first kappa shape index (κ1) is 21.3. The molecule has 2 aromatic rings. The quantitative estimate of drug-likeness (QED) is 0.775. The molecule has 1 aliphatic heterocycles. The van der Waals surface area contributed by atoms with Gasteiger partial charge in [-0.1, -0.05) is 18.6 Å². The van der Waals surface area contributed by atoms with Crippen LogP contribution >= 0.6 is 0 Å². The van der Waals surface area contributed by atoms with Crippen molar-refractivity contribution in [1.82, 2.24) is 4.31 Å². The summed E-state index contributed by atoms with van der Waals surface area (Å²) in [5.41, 5.74) is 2.63. The van der Waals surface area contributed by atoms with E-state index in [0.717, 1.165) is 30.4 Å². The SMILES string of the molecule is Cc1cccc(OC(C)C(=O)Nc2ccc(S(=O)(=O)N3CCCCC3)cc2)c1C. The molecule has 0 spiro atoms. The summed E-state index contributed by atoms with van der Waals surface area (Å²) in [5, 5.41) is 2.78. The molecule has 1 fully saturated rings. The highest BCUT2D eigenvalue weighted by Gasteiger charge is 2.26. The molecule has 0 radical (unpaired) electrons. The lowest BCUT2D eigenvalue weighted by Gasteiger charge is -2.25. The van der Waals surface area contributed by atoms with Crippen molar-refractivity contribution in [2.75, 3.05) is 18.4 Å². The number of carbonyl (C=O) groups is 1. The predicted octanol–water partition coefficient (Wildman–Crippen LogP) is 3.88. The first-order chi connectivity index (χ1) is 13.8. The molecular weight excluding hydrogens is 388 g/mol. The van der Waals surface area contributed by atoms with Crippen LogP contribution in [0.4, 0.5) is 5.69 Å². The molecule has 1 heterocycles. The van der Waals surface area contributed by atoms with Crippen LogP contribution in [-0.4, -0.2) is 37.8 Å². The maximum absolute atomic E-state index is 12.7. The zero-order valence-corrected chi connectivity index (χ0v) is 18.0. The van der Waals surface area contributed by atoms with Gasteiger partial charge in [0.15, 0.2) is 6.10 Å². The summed E-state index contributed by atoms with van der Waals surface area (Å²) in [6, 6.07) is 12.0. The van der Waals surface area contributed by atoms with E-state index in [1.807, 2.05) is 32.0 Å². The summed E-state index contributed by atoms with van der Waals surface area (Å²) >= 11 is 0. The number of anilines is 1. The number of nitrogens with zero attached hydrogens (tertiary/aromatic N) is 1. The van der Waals surface area contributed by atoms with Crippen LogP contribution in [0.3, 0.4) is 0 Å². The molecule has 0 aliphatic carbocycles. The number of ether oxygens (including phenoxy) is 1. The molecule has 1 saturated heterocycles. The number of nitrogens with one attached hydrogen (secondary N) is 1. The van der Waals surface area contributed by atoms with E-state index >= 15 is 0 Å². The highest BCUT2D eigenvalue weighted by atomic mass is 32.2. The zero-order valence-electron chi connectivity index (χ0n) is 17.1. The first-order valence-electron chi connectivity index (χ1n) is 9.93. The van der Waals surface area contributed by atoms with E-state index in [1.54, 1.807) is 19.1 Å². The van der Waals surface area contributed by atoms with Gasteiger partial charge in [0.05, 0.1) is 4.90 Å². The summed E-state index contributed by atoms with van der Waals surface area (Å²) in [6.45, 7) is 6.76. The second-order valence-electron chi connectivity index (χ2n) is 7.44. The Morgan fingerprint density at radius 2 is 1.69 bits per heavy atom. The van der Waals surface area contributed by atoms with Crippen molar-refractivity contribution in [2.45, 2.75) is 51.0 Å². The summed E-state index contributed by atoms with van der Waals surface area (Å²) in [6.07, 6.45) is 2.17. The van der Waals surface area contributed by atoms with E-state index in [9.17, 15) is 13.2 Å². The van der Waals surface area contributed by atoms with E-state index in [4.69, 9.17) is 4.74 Å². The van der Waals surface area contributed by atoms with Crippen molar-refractivity contribution < 1.29 is 17.9 Å². The summed E-state index contributed by atoms with van der Waals surface area (Å²) < 4.78 is 32.8. The zero-order chi connectivity index (χ0) is 21.0. The average molecular weight is 417 g/mol. The molecule has 1 atom stereocenters. The molecule has 0 aromatic heterocycles. The van der Waals surface area contributed by atoms with Gasteiger partial charge in [0.25, 0.3) is 5.91 Å². The molecule has 0 saturated carbocycles. The van der Waals surface area contributed by atoms with Gasteiger partial charge in [0, 0.05) is 18.8 Å². The Balaban J connectivity index is 1.64. The Hall–Kier alpha value is -2.38. The van der Waals surface area contributed by atoms with Gasteiger partial charge in [0.2, 0.25) is 10.0 Å². The molecule has 156 valence electrons. The molecule has 3 rings (SSSR count). The second kappa shape index (κ2) is 8.97. The van der Waals surface area contributed by atoms with E-state index in [1.165, 1.54) is 16.4 Å². The van der Waals surface area contributed by atoms with Crippen LogP contribution in [0, 0.1) is 13.8 Å². The van der Waals surface area contributed by atoms with Gasteiger partial charge in [-0.15, -0.1) is 0 Å². The van der Waals surface area contributed by atoms with Crippen LogP contribution in [0.2, 0.25) is 0 Å². The molecule has 1 aliphatic rings. The third-order valence-corrected chi connectivity index (χ3v) is 7.22. The van der Waals surface area contributed by atoms with Gasteiger partial charge in [0.1, 0.15) is 5.75 Å². The van der Waals surface area contributed by atoms with Crippen molar-refractivity contribution >= 4 is 21.6 Å². The third kappa shape index (κ3) is 4.97. The fourth-order valence-electron chi connectivity index (χ4n) is 3.30. The maximum atomic E-state index is 12.7. The summed E-state index contributed by atoms with van der Waals surface area (Å²) in [4.78, 5) is 12.7. The van der Waals surface area contributed by atoms with Crippen molar-refractivity contribution in [1.29, 1.82) is 0 Å². The highest BCUT2D eigenvalue weighted by molar-refractivity contribution is 7.89. The van der Waals surface area contributed by atoms with Crippen LogP contribution in [-0.2, 0) is 14.8 Å². The Kier molecular flexibility index (Phi) is 6.59. The topological polar surface area (TPSA) is 75.7 Å². The third-order valence-electron chi connectivity index (χ3n) is 5.30. The van der Waals surface area contributed by atoms with Gasteiger partial charge in [-0.25, -0.2) is 8.42 Å². The Labute approximate surface area is 172 Å². The molecule has 1 amide bonds. The first-order valence-corrected chi connectivity index (χ1v) is 11.4. The van der Waals surface area contributed by atoms with Gasteiger partial charge in [-0.05, 0) is 75.1 Å². The van der Waals surface area contributed by atoms with Gasteiger partial charge >= 0.3 is 0 Å². The van der Waals surface area contributed by atoms with E-state index in [2.05, 4.69) is 5.32 Å². The lowest BCUT2D eigenvalue weighted by Crippen LogP contribution is -2.35. The predicted molar refractivity (Wildman–Crippen MR) is 114 cm³/mol. The van der Waals surface area contributed by atoms with Gasteiger partial charge in [-0.3, -0.25) is 4.79 Å². The normalized spacial score (nSPS) is 16.2.